The van der Waals surface area contributed by atoms with Crippen LogP contribution in [0.2, 0.25) is 10.0 Å². The average molecular weight is 366 g/mol. The summed E-state index contributed by atoms with van der Waals surface area (Å²) in [5.41, 5.74) is 4.29. The van der Waals surface area contributed by atoms with Gasteiger partial charge in [-0.3, -0.25) is 10.1 Å². The average Bonchev–Trinajstić information content (AvgIpc) is 2.93. The zero-order chi connectivity index (χ0) is 16.7. The maximum atomic E-state index is 11.8. The summed E-state index contributed by atoms with van der Waals surface area (Å²) in [6.45, 7) is 3.97. The van der Waals surface area contributed by atoms with Gasteiger partial charge in [-0.25, -0.2) is 0 Å². The zero-order valence-electron chi connectivity index (χ0n) is 12.4. The molecule has 2 aromatic rings. The van der Waals surface area contributed by atoms with Gasteiger partial charge in [-0.05, 0) is 62.0 Å². The fraction of sp³-hybridized carbons (Fsp3) is 0.125. The van der Waals surface area contributed by atoms with Gasteiger partial charge in [-0.15, -0.1) is 0 Å². The van der Waals surface area contributed by atoms with Gasteiger partial charge < -0.3 is 9.88 Å². The van der Waals surface area contributed by atoms with Crippen LogP contribution in [0.4, 0.5) is 0 Å². The van der Waals surface area contributed by atoms with Gasteiger partial charge in [0.1, 0.15) is 5.70 Å². The molecule has 1 aliphatic rings. The van der Waals surface area contributed by atoms with Crippen LogP contribution in [-0.4, -0.2) is 15.6 Å². The molecule has 0 spiro atoms. The van der Waals surface area contributed by atoms with E-state index in [1.165, 1.54) is 0 Å². The molecule has 2 N–H and O–H groups in total. The minimum Gasteiger partial charge on any atom is -0.328 e. The largest absolute Gasteiger partial charge is 0.328 e. The second-order valence-corrected chi connectivity index (χ2v) is 6.45. The number of amides is 1. The third kappa shape index (κ3) is 3.00. The van der Waals surface area contributed by atoms with Gasteiger partial charge in [0.25, 0.3) is 5.91 Å². The third-order valence-electron chi connectivity index (χ3n) is 3.65. The van der Waals surface area contributed by atoms with Crippen molar-refractivity contribution in [3.8, 4) is 5.69 Å². The highest BCUT2D eigenvalue weighted by Crippen LogP contribution is 2.28. The summed E-state index contributed by atoms with van der Waals surface area (Å²) in [6.07, 6.45) is 1.78. The van der Waals surface area contributed by atoms with Crippen LogP contribution in [0.15, 0.2) is 30.0 Å². The number of carbonyl (C=O) groups excluding carboxylic acids is 1. The Kier molecular flexibility index (Phi) is 4.19. The molecule has 1 amide bonds. The molecule has 0 unspecified atom stereocenters. The first kappa shape index (κ1) is 16.1. The molecule has 23 heavy (non-hydrogen) atoms. The number of rotatable bonds is 2. The van der Waals surface area contributed by atoms with Crippen molar-refractivity contribution in [2.75, 3.05) is 0 Å². The minimum absolute atomic E-state index is 0.227. The maximum absolute atomic E-state index is 11.8. The molecule has 0 radical (unpaired) electrons. The molecular weight excluding hydrogens is 353 g/mol. The van der Waals surface area contributed by atoms with Crippen molar-refractivity contribution >= 4 is 52.5 Å². The quantitative estimate of drug-likeness (QED) is 0.629. The molecule has 2 heterocycles. The van der Waals surface area contributed by atoms with E-state index in [0.29, 0.717) is 20.9 Å². The molecule has 1 fully saturated rings. The van der Waals surface area contributed by atoms with Gasteiger partial charge in [-0.2, -0.15) is 0 Å². The van der Waals surface area contributed by atoms with Gasteiger partial charge >= 0.3 is 0 Å². The van der Waals surface area contributed by atoms with Crippen molar-refractivity contribution in [3.63, 3.8) is 0 Å². The lowest BCUT2D eigenvalue weighted by molar-refractivity contribution is -0.115. The molecule has 0 aliphatic carbocycles. The van der Waals surface area contributed by atoms with E-state index >= 15 is 0 Å². The number of nitrogens with zero attached hydrogens (tertiary/aromatic N) is 1. The molecule has 3 rings (SSSR count). The van der Waals surface area contributed by atoms with Gasteiger partial charge in [0, 0.05) is 17.1 Å². The Bertz CT molecular complexity index is 870. The monoisotopic (exact) mass is 365 g/mol. The standard InChI is InChI=1S/C16H13Cl2N3OS/c1-8-5-10(6-14-15(22)20-16(23)19-14)9(2)21(8)11-3-4-12(17)13(18)7-11/h3-7H,1-2H3,(H2,19,20,22,23)/b14-6-. The van der Waals surface area contributed by atoms with E-state index in [0.717, 1.165) is 22.6 Å². The van der Waals surface area contributed by atoms with E-state index in [1.807, 2.05) is 32.0 Å². The van der Waals surface area contributed by atoms with Gasteiger partial charge in [-0.1, -0.05) is 23.2 Å². The molecular formula is C16H13Cl2N3OS. The molecule has 1 saturated heterocycles. The Hall–Kier alpha value is -1.82. The van der Waals surface area contributed by atoms with Crippen molar-refractivity contribution in [1.82, 2.24) is 15.2 Å². The Balaban J connectivity index is 2.06. The van der Waals surface area contributed by atoms with E-state index in [9.17, 15) is 4.79 Å². The lowest BCUT2D eigenvalue weighted by atomic mass is 10.2. The predicted molar refractivity (Wildman–Crippen MR) is 97.1 cm³/mol. The number of thiocarbonyl (C=S) groups is 1. The Morgan fingerprint density at radius 3 is 2.48 bits per heavy atom. The van der Waals surface area contributed by atoms with Crippen LogP contribution in [0, 0.1) is 13.8 Å². The molecule has 4 nitrogen and oxygen atoms in total. The van der Waals surface area contributed by atoms with Crippen LogP contribution < -0.4 is 10.6 Å². The Morgan fingerprint density at radius 2 is 1.87 bits per heavy atom. The number of nitrogens with one attached hydrogen (secondary N) is 2. The highest BCUT2D eigenvalue weighted by atomic mass is 35.5. The number of hydrogen-bond donors (Lipinski definition) is 2. The first-order valence-electron chi connectivity index (χ1n) is 6.85. The molecule has 118 valence electrons. The van der Waals surface area contributed by atoms with Gasteiger partial charge in [0.2, 0.25) is 0 Å². The SMILES string of the molecule is Cc1cc(/C=C2\NC(=S)NC2=O)c(C)n1-c1ccc(Cl)c(Cl)c1. The first-order chi connectivity index (χ1) is 10.9. The second-order valence-electron chi connectivity index (χ2n) is 5.23. The summed E-state index contributed by atoms with van der Waals surface area (Å²) in [5, 5.41) is 6.73. The van der Waals surface area contributed by atoms with Gasteiger partial charge in [0.05, 0.1) is 10.0 Å². The Labute approximate surface area is 149 Å². The molecule has 0 bridgehead atoms. The summed E-state index contributed by atoms with van der Waals surface area (Å²) >= 11 is 17.0. The fourth-order valence-corrected chi connectivity index (χ4v) is 3.09. The molecule has 7 heteroatoms. The van der Waals surface area contributed by atoms with Crippen LogP contribution in [0.25, 0.3) is 11.8 Å². The second kappa shape index (κ2) is 6.00. The van der Waals surface area contributed by atoms with Gasteiger partial charge in [0.15, 0.2) is 5.11 Å². The number of benzene rings is 1. The van der Waals surface area contributed by atoms with Crippen LogP contribution in [0.1, 0.15) is 17.0 Å². The molecule has 0 saturated carbocycles. The summed E-state index contributed by atoms with van der Waals surface area (Å²) in [4.78, 5) is 11.8. The van der Waals surface area contributed by atoms with Crippen LogP contribution in [0.3, 0.4) is 0 Å². The van der Waals surface area contributed by atoms with Crippen molar-refractivity contribution in [2.24, 2.45) is 0 Å². The van der Waals surface area contributed by atoms with Crippen molar-refractivity contribution in [1.29, 1.82) is 0 Å². The highest BCUT2D eigenvalue weighted by Gasteiger charge is 2.21. The smallest absolute Gasteiger partial charge is 0.273 e. The molecule has 1 aliphatic heterocycles. The van der Waals surface area contributed by atoms with E-state index in [2.05, 4.69) is 15.2 Å². The zero-order valence-corrected chi connectivity index (χ0v) is 14.7. The number of halogens is 2. The summed E-state index contributed by atoms with van der Waals surface area (Å²) in [5.74, 6) is -0.227. The van der Waals surface area contributed by atoms with Crippen molar-refractivity contribution in [3.05, 3.63) is 57.0 Å². The summed E-state index contributed by atoms with van der Waals surface area (Å²) in [7, 11) is 0. The fourth-order valence-electron chi connectivity index (χ4n) is 2.59. The lowest BCUT2D eigenvalue weighted by Crippen LogP contribution is -2.21. The maximum Gasteiger partial charge on any atom is 0.273 e. The van der Waals surface area contributed by atoms with E-state index in [-0.39, 0.29) is 5.91 Å². The lowest BCUT2D eigenvalue weighted by Gasteiger charge is -2.10. The van der Waals surface area contributed by atoms with Crippen molar-refractivity contribution in [2.45, 2.75) is 13.8 Å². The number of aromatic nitrogens is 1. The first-order valence-corrected chi connectivity index (χ1v) is 8.01. The number of aryl methyl sites for hydroxylation is 1. The predicted octanol–water partition coefficient (Wildman–Crippen LogP) is 3.75. The highest BCUT2D eigenvalue weighted by molar-refractivity contribution is 7.80. The third-order valence-corrected chi connectivity index (χ3v) is 4.59. The summed E-state index contributed by atoms with van der Waals surface area (Å²) < 4.78 is 2.06. The minimum atomic E-state index is -0.227. The Morgan fingerprint density at radius 1 is 1.13 bits per heavy atom. The van der Waals surface area contributed by atoms with E-state index < -0.39 is 0 Å². The van der Waals surface area contributed by atoms with E-state index in [4.69, 9.17) is 35.4 Å². The molecule has 1 aromatic heterocycles. The van der Waals surface area contributed by atoms with E-state index in [1.54, 1.807) is 12.1 Å². The normalized spacial score (nSPS) is 15.9. The molecule has 1 aromatic carbocycles. The van der Waals surface area contributed by atoms with Crippen molar-refractivity contribution < 1.29 is 4.79 Å². The van der Waals surface area contributed by atoms with Crippen LogP contribution >= 0.6 is 35.4 Å². The number of carbonyl (C=O) groups is 1. The molecule has 0 atom stereocenters. The summed E-state index contributed by atoms with van der Waals surface area (Å²) in [6, 6.07) is 7.49. The van der Waals surface area contributed by atoms with Crippen LogP contribution in [0.5, 0.6) is 0 Å². The topological polar surface area (TPSA) is 46.1 Å². The number of hydrogen-bond acceptors (Lipinski definition) is 2. The van der Waals surface area contributed by atoms with Crippen LogP contribution in [-0.2, 0) is 4.79 Å².